The minimum Gasteiger partial charge on any atom is -0.344 e. The monoisotopic (exact) mass is 389 g/mol. The third-order valence-corrected chi connectivity index (χ3v) is 6.41. The van der Waals surface area contributed by atoms with Crippen LogP contribution in [0.2, 0.25) is 0 Å². The van der Waals surface area contributed by atoms with Crippen LogP contribution in [0.4, 0.5) is 4.39 Å². The van der Waals surface area contributed by atoms with Crippen molar-refractivity contribution in [3.8, 4) is 0 Å². The van der Waals surface area contributed by atoms with Crippen molar-refractivity contribution in [2.24, 2.45) is 0 Å². The van der Waals surface area contributed by atoms with Crippen LogP contribution in [0.15, 0.2) is 24.3 Å². The van der Waals surface area contributed by atoms with Crippen LogP contribution in [-0.4, -0.2) is 15.9 Å². The fourth-order valence-corrected chi connectivity index (χ4v) is 4.72. The summed E-state index contributed by atoms with van der Waals surface area (Å²) in [6, 6.07) is 6.25. The lowest BCUT2D eigenvalue weighted by molar-refractivity contribution is 0.0943. The fraction of sp³-hybridized carbons (Fsp3) is 0.316. The molecule has 1 N–H and O–H groups in total. The molecule has 1 atom stereocenters. The quantitative estimate of drug-likeness (QED) is 0.685. The summed E-state index contributed by atoms with van der Waals surface area (Å²) in [6.07, 6.45) is 0.585. The molecular weight excluding hydrogens is 369 g/mol. The van der Waals surface area contributed by atoms with E-state index in [1.54, 1.807) is 23.5 Å². The Hall–Kier alpha value is -2.12. The molecule has 0 aliphatic heterocycles. The van der Waals surface area contributed by atoms with E-state index in [9.17, 15) is 9.18 Å². The van der Waals surface area contributed by atoms with Crippen molar-refractivity contribution < 1.29 is 9.18 Å². The van der Waals surface area contributed by atoms with Gasteiger partial charge in [0.2, 0.25) is 0 Å². The van der Waals surface area contributed by atoms with Gasteiger partial charge in [-0.3, -0.25) is 4.79 Å². The Kier molecular flexibility index (Phi) is 5.48. The molecule has 0 aliphatic carbocycles. The average Bonchev–Trinajstić information content (AvgIpc) is 3.11. The van der Waals surface area contributed by atoms with Crippen LogP contribution in [0.1, 0.15) is 54.5 Å². The Morgan fingerprint density at radius 3 is 2.42 bits per heavy atom. The van der Waals surface area contributed by atoms with Crippen LogP contribution >= 0.6 is 22.7 Å². The first-order valence-corrected chi connectivity index (χ1v) is 9.92. The second-order valence-electron chi connectivity index (χ2n) is 6.20. The number of nitrogens with one attached hydrogen (secondary N) is 1. The van der Waals surface area contributed by atoms with Crippen molar-refractivity contribution in [3.05, 3.63) is 66.8 Å². The Balaban J connectivity index is 1.72. The Morgan fingerprint density at radius 1 is 1.12 bits per heavy atom. The normalized spacial score (nSPS) is 12.2. The second kappa shape index (κ2) is 7.63. The number of halogens is 1. The molecule has 2 heterocycles. The first-order valence-electron chi connectivity index (χ1n) is 8.29. The maximum atomic E-state index is 13.0. The van der Waals surface area contributed by atoms with Crippen LogP contribution in [0.25, 0.3) is 0 Å². The second-order valence-corrected chi connectivity index (χ2v) is 8.52. The average molecular weight is 390 g/mol. The Labute approximate surface area is 160 Å². The topological polar surface area (TPSA) is 54.9 Å². The number of benzene rings is 1. The maximum Gasteiger partial charge on any atom is 0.263 e. The highest BCUT2D eigenvalue weighted by atomic mass is 32.1. The lowest BCUT2D eigenvalue weighted by Gasteiger charge is -2.12. The number of aryl methyl sites for hydroxylation is 3. The van der Waals surface area contributed by atoms with Crippen molar-refractivity contribution >= 4 is 28.6 Å². The van der Waals surface area contributed by atoms with Gasteiger partial charge in [-0.15, -0.1) is 22.7 Å². The molecule has 3 rings (SSSR count). The van der Waals surface area contributed by atoms with Crippen molar-refractivity contribution in [2.45, 2.75) is 40.2 Å². The van der Waals surface area contributed by atoms with Gasteiger partial charge in [-0.1, -0.05) is 12.1 Å². The summed E-state index contributed by atoms with van der Waals surface area (Å²) in [4.78, 5) is 23.3. The molecule has 4 nitrogen and oxygen atoms in total. The fourth-order valence-electron chi connectivity index (χ4n) is 2.79. The predicted molar refractivity (Wildman–Crippen MR) is 104 cm³/mol. The summed E-state index contributed by atoms with van der Waals surface area (Å²) in [7, 11) is 0. The third kappa shape index (κ3) is 4.16. The van der Waals surface area contributed by atoms with Gasteiger partial charge in [0, 0.05) is 11.3 Å². The molecule has 1 amide bonds. The zero-order chi connectivity index (χ0) is 18.8. The first kappa shape index (κ1) is 18.7. The van der Waals surface area contributed by atoms with Crippen LogP contribution in [0, 0.1) is 26.6 Å². The van der Waals surface area contributed by atoms with Crippen molar-refractivity contribution in [1.29, 1.82) is 0 Å². The Morgan fingerprint density at radius 2 is 1.81 bits per heavy atom. The maximum absolute atomic E-state index is 13.0. The molecule has 0 saturated heterocycles. The van der Waals surface area contributed by atoms with Crippen LogP contribution in [0.3, 0.4) is 0 Å². The lowest BCUT2D eigenvalue weighted by Crippen LogP contribution is -2.26. The highest BCUT2D eigenvalue weighted by Crippen LogP contribution is 2.26. The van der Waals surface area contributed by atoms with Gasteiger partial charge in [-0.2, -0.15) is 0 Å². The van der Waals surface area contributed by atoms with Gasteiger partial charge in [0.05, 0.1) is 27.4 Å². The largest absolute Gasteiger partial charge is 0.344 e. The van der Waals surface area contributed by atoms with E-state index in [2.05, 4.69) is 15.3 Å². The van der Waals surface area contributed by atoms with Gasteiger partial charge in [-0.25, -0.2) is 14.4 Å². The number of carbonyl (C=O) groups excluding carboxylic acids is 1. The highest BCUT2D eigenvalue weighted by Gasteiger charge is 2.20. The van der Waals surface area contributed by atoms with Crippen LogP contribution < -0.4 is 5.32 Å². The molecule has 136 valence electrons. The van der Waals surface area contributed by atoms with E-state index in [1.807, 2.05) is 27.7 Å². The molecule has 0 fully saturated rings. The van der Waals surface area contributed by atoms with Crippen molar-refractivity contribution in [2.75, 3.05) is 0 Å². The number of thiazole rings is 2. The van der Waals surface area contributed by atoms with Gasteiger partial charge < -0.3 is 5.32 Å². The van der Waals surface area contributed by atoms with E-state index in [4.69, 9.17) is 0 Å². The number of carbonyl (C=O) groups is 1. The van der Waals surface area contributed by atoms with Crippen LogP contribution in [0.5, 0.6) is 0 Å². The lowest BCUT2D eigenvalue weighted by atomic mass is 10.1. The molecule has 26 heavy (non-hydrogen) atoms. The van der Waals surface area contributed by atoms with E-state index in [-0.39, 0.29) is 17.8 Å². The molecule has 3 aromatic rings. The van der Waals surface area contributed by atoms with Crippen molar-refractivity contribution in [3.63, 3.8) is 0 Å². The van der Waals surface area contributed by atoms with Crippen LogP contribution in [-0.2, 0) is 6.42 Å². The third-order valence-electron chi connectivity index (χ3n) is 4.00. The molecule has 0 radical (unpaired) electrons. The summed E-state index contributed by atoms with van der Waals surface area (Å²) < 4.78 is 13.0. The number of hydrogen-bond donors (Lipinski definition) is 1. The number of rotatable bonds is 5. The van der Waals surface area contributed by atoms with Crippen molar-refractivity contribution in [1.82, 2.24) is 15.3 Å². The smallest absolute Gasteiger partial charge is 0.263 e. The molecule has 7 heteroatoms. The molecule has 0 aliphatic rings. The standard InChI is InChI=1S/C19H20FN3OS2/c1-10-17(25-13(4)21-10)11(2)23-19(24)18-12(3)22-16(26-18)9-14-5-7-15(20)8-6-14/h5-8,11H,9H2,1-4H3,(H,23,24)/t11-/m1/s1. The van der Waals surface area contributed by atoms with Gasteiger partial charge in [-0.05, 0) is 45.4 Å². The highest BCUT2D eigenvalue weighted by molar-refractivity contribution is 7.13. The minimum absolute atomic E-state index is 0.101. The molecule has 0 unspecified atom stereocenters. The van der Waals surface area contributed by atoms with E-state index >= 15 is 0 Å². The molecular formula is C19H20FN3OS2. The number of aromatic nitrogens is 2. The summed E-state index contributed by atoms with van der Waals surface area (Å²) in [5, 5.41) is 4.88. The van der Waals surface area contributed by atoms with Gasteiger partial charge >= 0.3 is 0 Å². The van der Waals surface area contributed by atoms with E-state index in [1.165, 1.54) is 23.5 Å². The molecule has 2 aromatic heterocycles. The zero-order valence-electron chi connectivity index (χ0n) is 15.1. The summed E-state index contributed by atoms with van der Waals surface area (Å²) >= 11 is 2.99. The van der Waals surface area contributed by atoms with E-state index in [0.29, 0.717) is 17.0 Å². The summed E-state index contributed by atoms with van der Waals surface area (Å²) in [5.74, 6) is -0.380. The number of hydrogen-bond acceptors (Lipinski definition) is 5. The van der Waals surface area contributed by atoms with E-state index < -0.39 is 0 Å². The zero-order valence-corrected chi connectivity index (χ0v) is 16.7. The van der Waals surface area contributed by atoms with Gasteiger partial charge in [0.15, 0.2) is 0 Å². The Bertz CT molecular complexity index is 931. The molecule has 1 aromatic carbocycles. The van der Waals surface area contributed by atoms with Gasteiger partial charge in [0.25, 0.3) is 5.91 Å². The van der Waals surface area contributed by atoms with E-state index in [0.717, 1.165) is 26.1 Å². The summed E-state index contributed by atoms with van der Waals surface area (Å²) in [6.45, 7) is 7.73. The SMILES string of the molecule is Cc1nc(C)c([C@@H](C)NC(=O)c2sc(Cc3ccc(F)cc3)nc2C)s1. The first-order chi connectivity index (χ1) is 12.3. The molecule has 0 saturated carbocycles. The summed E-state index contributed by atoms with van der Waals surface area (Å²) in [5.41, 5.74) is 2.64. The minimum atomic E-state index is -0.258. The number of amides is 1. The molecule has 0 spiro atoms. The number of nitrogens with zero attached hydrogens (tertiary/aromatic N) is 2. The van der Waals surface area contributed by atoms with Gasteiger partial charge in [0.1, 0.15) is 10.7 Å². The predicted octanol–water partition coefficient (Wildman–Crippen LogP) is 4.75. The molecule has 0 bridgehead atoms.